The van der Waals surface area contributed by atoms with E-state index in [9.17, 15) is 63.6 Å². The molecule has 0 aromatic heterocycles. The monoisotopic (exact) mass is 1140 g/mol. The van der Waals surface area contributed by atoms with Crippen LogP contribution in [0.5, 0.6) is 11.5 Å². The summed E-state index contributed by atoms with van der Waals surface area (Å²) >= 11 is 4.01. The first kappa shape index (κ1) is 68.8. The van der Waals surface area contributed by atoms with Crippen LogP contribution >= 0.6 is 12.6 Å². The summed E-state index contributed by atoms with van der Waals surface area (Å²) in [5.74, 6) is -9.91. The number of guanidine groups is 1. The summed E-state index contributed by atoms with van der Waals surface area (Å²) in [7, 11) is 0. The van der Waals surface area contributed by atoms with Crippen molar-refractivity contribution in [3.63, 3.8) is 0 Å². The summed E-state index contributed by atoms with van der Waals surface area (Å²) in [4.78, 5) is 128. The fraction of sp³-hybridized carbons (Fsp3) is 0.577. The Labute approximate surface area is 471 Å². The summed E-state index contributed by atoms with van der Waals surface area (Å²) < 4.78 is 0. The van der Waals surface area contributed by atoms with E-state index >= 15 is 0 Å². The van der Waals surface area contributed by atoms with Gasteiger partial charge in [-0.2, -0.15) is 12.6 Å². The Morgan fingerprint density at radius 1 is 0.500 bits per heavy atom. The van der Waals surface area contributed by atoms with Crippen LogP contribution in [-0.4, -0.2) is 166 Å². The number of nitrogens with zero attached hydrogens (tertiary/aromatic N) is 1. The van der Waals surface area contributed by atoms with Crippen molar-refractivity contribution in [2.75, 3.05) is 32.0 Å². The number of benzene rings is 2. The lowest BCUT2D eigenvalue weighted by Gasteiger charge is -2.29. The van der Waals surface area contributed by atoms with E-state index in [1.54, 1.807) is 27.7 Å². The van der Waals surface area contributed by atoms with Gasteiger partial charge in [-0.1, -0.05) is 52.0 Å². The topological polar surface area (TPSA) is 473 Å². The number of carboxylic acids is 1. The molecule has 80 heavy (non-hydrogen) atoms. The zero-order chi connectivity index (χ0) is 60.1. The van der Waals surface area contributed by atoms with Gasteiger partial charge in [0.25, 0.3) is 0 Å². The van der Waals surface area contributed by atoms with Crippen LogP contribution in [0, 0.1) is 11.8 Å². The number of carboxylic acid groups (broad SMARTS) is 1. The van der Waals surface area contributed by atoms with Crippen molar-refractivity contribution >= 4 is 71.8 Å². The number of phenolic OH excluding ortho intramolecular Hbond substituents is 2. The number of carbonyl (C=O) groups is 9. The van der Waals surface area contributed by atoms with E-state index in [0.29, 0.717) is 36.8 Å². The molecule has 9 atom stereocenters. The molecule has 2 aromatic rings. The third-order valence-electron chi connectivity index (χ3n) is 12.6. The molecule has 0 heterocycles. The summed E-state index contributed by atoms with van der Waals surface area (Å²) in [5, 5.41) is 60.0. The van der Waals surface area contributed by atoms with Gasteiger partial charge in [0.2, 0.25) is 47.3 Å². The van der Waals surface area contributed by atoms with E-state index in [-0.39, 0.29) is 81.4 Å². The number of aliphatic carboxylic acids is 1. The van der Waals surface area contributed by atoms with E-state index in [4.69, 9.17) is 28.7 Å². The smallest absolute Gasteiger partial charge is 0.327 e. The number of aromatic hydroxyl groups is 2. The van der Waals surface area contributed by atoms with E-state index in [2.05, 4.69) is 60.2 Å². The maximum absolute atomic E-state index is 14.7. The van der Waals surface area contributed by atoms with Gasteiger partial charge < -0.3 is 91.6 Å². The molecule has 22 N–H and O–H groups in total. The third kappa shape index (κ3) is 24.8. The van der Waals surface area contributed by atoms with Crippen molar-refractivity contribution in [1.82, 2.24) is 42.5 Å². The van der Waals surface area contributed by atoms with Crippen molar-refractivity contribution in [2.45, 2.75) is 146 Å². The highest BCUT2D eigenvalue weighted by atomic mass is 32.1. The van der Waals surface area contributed by atoms with Gasteiger partial charge in [0.05, 0.1) is 6.61 Å². The Kier molecular flexibility index (Phi) is 31.0. The molecule has 0 aliphatic heterocycles. The Morgan fingerprint density at radius 3 is 1.20 bits per heavy atom. The number of thiol groups is 1. The first-order valence-corrected chi connectivity index (χ1v) is 27.1. The Balaban J connectivity index is 2.62. The highest BCUT2D eigenvalue weighted by molar-refractivity contribution is 7.80. The zero-order valence-corrected chi connectivity index (χ0v) is 46.7. The lowest BCUT2D eigenvalue weighted by molar-refractivity contribution is -0.141. The van der Waals surface area contributed by atoms with Gasteiger partial charge in [0.15, 0.2) is 5.96 Å². The van der Waals surface area contributed by atoms with Crippen LogP contribution in [0.15, 0.2) is 53.5 Å². The third-order valence-corrected chi connectivity index (χ3v) is 12.9. The molecule has 0 unspecified atom stereocenters. The number of carbonyl (C=O) groups excluding carboxylic acids is 8. The van der Waals surface area contributed by atoms with E-state index < -0.39 is 126 Å². The average Bonchev–Trinajstić information content (AvgIpc) is 3.41. The van der Waals surface area contributed by atoms with Crippen LogP contribution in [0.2, 0.25) is 0 Å². The van der Waals surface area contributed by atoms with Gasteiger partial charge in [-0.25, -0.2) is 4.79 Å². The number of amides is 8. The number of hydrogen-bond acceptors (Lipinski definition) is 17. The molecular weight excluding hydrogens is 1060 g/mol. The molecule has 0 aliphatic rings. The zero-order valence-electron chi connectivity index (χ0n) is 45.8. The van der Waals surface area contributed by atoms with Crippen LogP contribution in [0.4, 0.5) is 0 Å². The predicted octanol–water partition coefficient (Wildman–Crippen LogP) is -3.28. The standard InChI is InChI=1S/C52H84N14O13S/c1-28(2)41(65-43(70)34(55)26-67)49(76)61-37(12-9-23-58-52(56)57)46(73)66-42(29(3)4)50(77)63-39(25-31-15-19-33(69)20-16-31)48(75)62-38(24-30-13-17-32(68)18-14-30)47(74)60-35(10-5-7-21-53)44(71)59-36(11-6-8-22-54)45(72)64-40(27-80)51(78)79/h13-20,28-29,34-42,67-69,80H,5-12,21-27,53-55H2,1-4H3,(H,59,71)(H,60,74)(H,61,76)(H,62,75)(H,63,77)(H,64,72)(H,65,70)(H,66,73)(H,78,79)(H4,56,57,58)/t34-,35-,36-,37-,38-,39-,40-,41-,42-/m0/s1. The summed E-state index contributed by atoms with van der Waals surface area (Å²) in [6.07, 6.45) is 1.31. The molecular formula is C52H84N14O13S. The lowest BCUT2D eigenvalue weighted by atomic mass is 9.98. The summed E-state index contributed by atoms with van der Waals surface area (Å²) in [5.41, 5.74) is 29.0. The Hall–Kier alpha value is -7.27. The largest absolute Gasteiger partial charge is 0.508 e. The van der Waals surface area contributed by atoms with Crippen molar-refractivity contribution in [2.24, 2.45) is 45.5 Å². The molecule has 0 saturated carbocycles. The van der Waals surface area contributed by atoms with Gasteiger partial charge in [0.1, 0.15) is 65.9 Å². The number of nitrogens with one attached hydrogen (secondary N) is 8. The van der Waals surface area contributed by atoms with Gasteiger partial charge >= 0.3 is 5.97 Å². The highest BCUT2D eigenvalue weighted by Crippen LogP contribution is 2.16. The van der Waals surface area contributed by atoms with E-state index in [1.165, 1.54) is 48.5 Å². The highest BCUT2D eigenvalue weighted by Gasteiger charge is 2.36. The minimum absolute atomic E-state index is 0.0109. The number of hydrogen-bond donors (Lipinski definition) is 18. The van der Waals surface area contributed by atoms with Crippen molar-refractivity contribution in [3.8, 4) is 11.5 Å². The fourth-order valence-corrected chi connectivity index (χ4v) is 8.16. The number of nitrogens with two attached hydrogens (primary N) is 5. The number of aliphatic imine (C=N–C) groups is 1. The molecule has 0 aliphatic carbocycles. The van der Waals surface area contributed by atoms with E-state index in [0.717, 1.165) is 0 Å². The number of phenols is 2. The first-order chi connectivity index (χ1) is 37.8. The minimum Gasteiger partial charge on any atom is -0.508 e. The molecule has 0 saturated heterocycles. The summed E-state index contributed by atoms with van der Waals surface area (Å²) in [6, 6.07) is -0.793. The molecule has 2 rings (SSSR count). The molecule has 0 bridgehead atoms. The van der Waals surface area contributed by atoms with Gasteiger partial charge in [-0.3, -0.25) is 43.3 Å². The molecule has 2 aromatic carbocycles. The lowest BCUT2D eigenvalue weighted by Crippen LogP contribution is -2.62. The van der Waals surface area contributed by atoms with E-state index in [1.807, 2.05) is 0 Å². The minimum atomic E-state index is -1.50. The number of rotatable bonds is 37. The van der Waals surface area contributed by atoms with Crippen molar-refractivity contribution < 1.29 is 63.6 Å². The molecule has 27 nitrogen and oxygen atoms in total. The predicted molar refractivity (Wildman–Crippen MR) is 301 cm³/mol. The maximum atomic E-state index is 14.7. The number of unbranched alkanes of at least 4 members (excludes halogenated alkanes) is 2. The average molecular weight is 1150 g/mol. The van der Waals surface area contributed by atoms with Crippen LogP contribution in [0.3, 0.4) is 0 Å². The van der Waals surface area contributed by atoms with Crippen molar-refractivity contribution in [3.05, 3.63) is 59.7 Å². The van der Waals surface area contributed by atoms with Crippen LogP contribution in [-0.2, 0) is 56.0 Å². The molecule has 8 amide bonds. The van der Waals surface area contributed by atoms with Crippen LogP contribution in [0.1, 0.15) is 90.2 Å². The number of aliphatic hydroxyl groups excluding tert-OH is 1. The van der Waals surface area contributed by atoms with Crippen LogP contribution in [0.25, 0.3) is 0 Å². The Bertz CT molecular complexity index is 2360. The number of aliphatic hydroxyl groups is 1. The second-order valence-electron chi connectivity index (χ2n) is 19.9. The molecule has 28 heteroatoms. The fourth-order valence-electron chi connectivity index (χ4n) is 7.91. The molecule has 446 valence electrons. The van der Waals surface area contributed by atoms with Gasteiger partial charge in [0, 0.05) is 25.1 Å². The van der Waals surface area contributed by atoms with Gasteiger partial charge in [-0.15, -0.1) is 0 Å². The molecule has 0 radical (unpaired) electrons. The van der Waals surface area contributed by atoms with Crippen molar-refractivity contribution in [1.29, 1.82) is 0 Å². The van der Waals surface area contributed by atoms with Crippen LogP contribution < -0.4 is 71.2 Å². The second-order valence-corrected chi connectivity index (χ2v) is 20.3. The Morgan fingerprint density at radius 2 is 0.838 bits per heavy atom. The quantitative estimate of drug-likeness (QED) is 0.0137. The molecule has 0 spiro atoms. The SMILES string of the molecule is CC(C)[C@H](NC(=O)[C@H](CCCN=C(N)N)NC(=O)[C@@H](NC(=O)[C@@H](N)CO)C(C)C)C(=O)N[C@@H](Cc1ccc(O)cc1)C(=O)N[C@@H](Cc1ccc(O)cc1)C(=O)N[C@@H](CCCCN)C(=O)N[C@@H](CCCCN)C(=O)N[C@@H](CS)C(=O)O. The normalized spacial score (nSPS) is 14.5. The summed E-state index contributed by atoms with van der Waals surface area (Å²) in [6.45, 7) is 6.36. The second kappa shape index (κ2) is 36.1. The van der Waals surface area contributed by atoms with Gasteiger partial charge in [-0.05, 0) is 112 Å². The first-order valence-electron chi connectivity index (χ1n) is 26.5. The maximum Gasteiger partial charge on any atom is 0.327 e. The molecule has 0 fully saturated rings.